The van der Waals surface area contributed by atoms with Gasteiger partial charge in [0.1, 0.15) is 13.1 Å². The highest BCUT2D eigenvalue weighted by atomic mass is 35.5. The molecule has 110 valence electrons. The van der Waals surface area contributed by atoms with Crippen LogP contribution in [0.1, 0.15) is 12.5 Å². The number of nitrogens with zero attached hydrogens (tertiary/aromatic N) is 2. The molecule has 5 nitrogen and oxygen atoms in total. The van der Waals surface area contributed by atoms with Crippen LogP contribution in [0.2, 0.25) is 5.02 Å². The fraction of sp³-hybridized carbons (Fsp3) is 0.267. The lowest BCUT2D eigenvalue weighted by atomic mass is 10.1. The Labute approximate surface area is 128 Å². The topological polar surface area (TPSA) is 70.4 Å². The quantitative estimate of drug-likeness (QED) is 0.475. The summed E-state index contributed by atoms with van der Waals surface area (Å²) in [5.41, 5.74) is 1.22. The molecule has 0 N–H and O–H groups in total. The van der Waals surface area contributed by atoms with Crippen LogP contribution in [0.15, 0.2) is 29.8 Å². The average molecular weight is 307 g/mol. The molecule has 0 atom stereocenters. The number of carbonyl (C=O) groups excluding carboxylic acids is 2. The maximum absolute atomic E-state index is 12.2. The minimum absolute atomic E-state index is 0.181. The van der Waals surface area contributed by atoms with Crippen molar-refractivity contribution < 1.29 is 14.3 Å². The Balaban J connectivity index is 2.89. The summed E-state index contributed by atoms with van der Waals surface area (Å²) in [6, 6.07) is 8.83. The Morgan fingerprint density at radius 1 is 1.38 bits per heavy atom. The van der Waals surface area contributed by atoms with Gasteiger partial charge in [0.2, 0.25) is 0 Å². The molecule has 6 heteroatoms. The summed E-state index contributed by atoms with van der Waals surface area (Å²) in [4.78, 5) is 24.6. The lowest BCUT2D eigenvalue weighted by Gasteiger charge is -2.18. The summed E-state index contributed by atoms with van der Waals surface area (Å²) < 4.78 is 4.51. The van der Waals surface area contributed by atoms with E-state index in [0.717, 1.165) is 10.5 Å². The first-order chi connectivity index (χ1) is 9.97. The highest BCUT2D eigenvalue weighted by Gasteiger charge is 2.18. The Kier molecular flexibility index (Phi) is 6.44. The first kappa shape index (κ1) is 16.7. The van der Waals surface area contributed by atoms with Gasteiger partial charge in [0.25, 0.3) is 5.91 Å². The van der Waals surface area contributed by atoms with Gasteiger partial charge in [-0.2, -0.15) is 5.26 Å². The van der Waals surface area contributed by atoms with E-state index in [2.05, 4.69) is 4.74 Å². The second-order valence-electron chi connectivity index (χ2n) is 4.27. The van der Waals surface area contributed by atoms with Crippen LogP contribution < -0.4 is 0 Å². The van der Waals surface area contributed by atoms with E-state index in [-0.39, 0.29) is 13.1 Å². The molecule has 21 heavy (non-hydrogen) atoms. The van der Waals surface area contributed by atoms with Crippen molar-refractivity contribution in [3.8, 4) is 6.07 Å². The molecule has 0 aliphatic heterocycles. The van der Waals surface area contributed by atoms with Crippen LogP contribution in [-0.4, -0.2) is 37.0 Å². The predicted octanol–water partition coefficient (Wildman–Crippen LogP) is 2.27. The SMILES string of the molecule is COC(=O)CN(CC#N)C(=O)/C(C)=C/c1ccc(Cl)cc1. The zero-order valence-corrected chi connectivity index (χ0v) is 12.6. The largest absolute Gasteiger partial charge is 0.468 e. The molecular weight excluding hydrogens is 292 g/mol. The lowest BCUT2D eigenvalue weighted by Crippen LogP contribution is -2.36. The van der Waals surface area contributed by atoms with E-state index in [1.54, 1.807) is 37.3 Å². The van der Waals surface area contributed by atoms with E-state index >= 15 is 0 Å². The average Bonchev–Trinajstić information content (AvgIpc) is 2.48. The van der Waals surface area contributed by atoms with E-state index in [4.69, 9.17) is 16.9 Å². The number of amides is 1. The second-order valence-corrected chi connectivity index (χ2v) is 4.71. The number of nitriles is 1. The Morgan fingerprint density at radius 3 is 2.52 bits per heavy atom. The third kappa shape index (κ3) is 5.28. The fourth-order valence-corrected chi connectivity index (χ4v) is 1.75. The van der Waals surface area contributed by atoms with Gasteiger partial charge in [0.05, 0.1) is 13.2 Å². The summed E-state index contributed by atoms with van der Waals surface area (Å²) >= 11 is 5.79. The lowest BCUT2D eigenvalue weighted by molar-refractivity contribution is -0.145. The van der Waals surface area contributed by atoms with Gasteiger partial charge in [-0.25, -0.2) is 0 Å². The molecule has 0 saturated heterocycles. The number of ether oxygens (including phenoxy) is 1. The predicted molar refractivity (Wildman–Crippen MR) is 79.3 cm³/mol. The summed E-state index contributed by atoms with van der Waals surface area (Å²) in [7, 11) is 1.23. The van der Waals surface area contributed by atoms with Gasteiger partial charge < -0.3 is 9.64 Å². The van der Waals surface area contributed by atoms with Crippen LogP contribution in [0.3, 0.4) is 0 Å². The van der Waals surface area contributed by atoms with E-state index in [0.29, 0.717) is 10.6 Å². The fourth-order valence-electron chi connectivity index (χ4n) is 1.63. The molecule has 1 amide bonds. The second kappa shape index (κ2) is 8.08. The van der Waals surface area contributed by atoms with Gasteiger partial charge in [-0.3, -0.25) is 9.59 Å². The van der Waals surface area contributed by atoms with Gasteiger partial charge in [0.15, 0.2) is 0 Å². The summed E-state index contributed by atoms with van der Waals surface area (Å²) in [5, 5.41) is 9.35. The van der Waals surface area contributed by atoms with Crippen LogP contribution in [0, 0.1) is 11.3 Å². The van der Waals surface area contributed by atoms with E-state index in [9.17, 15) is 9.59 Å². The highest BCUT2D eigenvalue weighted by molar-refractivity contribution is 6.30. The number of rotatable bonds is 5. The molecule has 1 aromatic rings. The molecule has 0 radical (unpaired) electrons. The summed E-state index contributed by atoms with van der Waals surface area (Å²) in [5.74, 6) is -0.963. The summed E-state index contributed by atoms with van der Waals surface area (Å²) in [6.45, 7) is 1.19. The standard InChI is InChI=1S/C15H15ClN2O3/c1-11(9-12-3-5-13(16)6-4-12)15(20)18(8-7-17)10-14(19)21-2/h3-6,9H,8,10H2,1-2H3/b11-9+. The number of carbonyl (C=O) groups is 2. The van der Waals surface area contributed by atoms with Crippen LogP contribution in [0.5, 0.6) is 0 Å². The molecule has 1 rings (SSSR count). The van der Waals surface area contributed by atoms with E-state index < -0.39 is 11.9 Å². The van der Waals surface area contributed by atoms with Crippen LogP contribution in [0.25, 0.3) is 6.08 Å². The van der Waals surface area contributed by atoms with Gasteiger partial charge >= 0.3 is 5.97 Å². The Morgan fingerprint density at radius 2 is 2.00 bits per heavy atom. The number of esters is 1. The van der Waals surface area contributed by atoms with Gasteiger partial charge in [-0.1, -0.05) is 23.7 Å². The number of hydrogen-bond acceptors (Lipinski definition) is 4. The molecular formula is C15H15ClN2O3. The molecule has 0 aliphatic rings. The zero-order valence-electron chi connectivity index (χ0n) is 11.8. The maximum atomic E-state index is 12.2. The third-order valence-corrected chi connectivity index (χ3v) is 2.94. The van der Waals surface area contributed by atoms with Crippen molar-refractivity contribution in [3.05, 3.63) is 40.4 Å². The Hall–Kier alpha value is -2.32. The molecule has 0 heterocycles. The molecule has 0 spiro atoms. The smallest absolute Gasteiger partial charge is 0.325 e. The molecule has 0 unspecified atom stereocenters. The number of benzene rings is 1. The molecule has 0 saturated carbocycles. The number of methoxy groups -OCH3 is 1. The first-order valence-corrected chi connectivity index (χ1v) is 6.52. The Bertz CT molecular complexity index is 588. The number of hydrogen-bond donors (Lipinski definition) is 0. The molecule has 0 aliphatic carbocycles. The van der Waals surface area contributed by atoms with Crippen LogP contribution in [-0.2, 0) is 14.3 Å². The van der Waals surface area contributed by atoms with E-state index in [1.165, 1.54) is 7.11 Å². The molecule has 0 bridgehead atoms. The van der Waals surface area contributed by atoms with Crippen molar-refractivity contribution in [2.75, 3.05) is 20.2 Å². The molecule has 1 aromatic carbocycles. The van der Waals surface area contributed by atoms with Crippen molar-refractivity contribution >= 4 is 29.6 Å². The minimum Gasteiger partial charge on any atom is -0.468 e. The minimum atomic E-state index is -0.571. The van der Waals surface area contributed by atoms with Crippen molar-refractivity contribution in [1.82, 2.24) is 4.90 Å². The maximum Gasteiger partial charge on any atom is 0.325 e. The van der Waals surface area contributed by atoms with Gasteiger partial charge in [-0.15, -0.1) is 0 Å². The van der Waals surface area contributed by atoms with Crippen molar-refractivity contribution in [2.45, 2.75) is 6.92 Å². The highest BCUT2D eigenvalue weighted by Crippen LogP contribution is 2.13. The van der Waals surface area contributed by atoms with Crippen LogP contribution in [0.4, 0.5) is 0 Å². The normalized spacial score (nSPS) is 10.7. The van der Waals surface area contributed by atoms with Gasteiger partial charge in [-0.05, 0) is 30.7 Å². The van der Waals surface area contributed by atoms with Crippen molar-refractivity contribution in [3.63, 3.8) is 0 Å². The van der Waals surface area contributed by atoms with Crippen molar-refractivity contribution in [1.29, 1.82) is 5.26 Å². The summed E-state index contributed by atoms with van der Waals surface area (Å²) in [6.07, 6.45) is 1.67. The van der Waals surface area contributed by atoms with Crippen LogP contribution >= 0.6 is 11.6 Å². The zero-order chi connectivity index (χ0) is 15.8. The van der Waals surface area contributed by atoms with Gasteiger partial charge in [0, 0.05) is 10.6 Å². The third-order valence-electron chi connectivity index (χ3n) is 2.69. The molecule has 0 fully saturated rings. The van der Waals surface area contributed by atoms with E-state index in [1.807, 2.05) is 6.07 Å². The number of halogens is 1. The van der Waals surface area contributed by atoms with Crippen molar-refractivity contribution in [2.24, 2.45) is 0 Å². The molecule has 0 aromatic heterocycles. The first-order valence-electron chi connectivity index (χ1n) is 6.15. The monoisotopic (exact) mass is 306 g/mol.